The Morgan fingerprint density at radius 1 is 1.35 bits per heavy atom. The lowest BCUT2D eigenvalue weighted by Gasteiger charge is -2.33. The molecule has 0 aliphatic carbocycles. The SMILES string of the molecule is CC1CCCN(S(=O)(=O)N(C)c2cc(F)ccc2F)C1. The van der Waals surface area contributed by atoms with Crippen molar-refractivity contribution in [1.82, 2.24) is 4.31 Å². The van der Waals surface area contributed by atoms with E-state index in [4.69, 9.17) is 0 Å². The molecule has 1 saturated heterocycles. The highest BCUT2D eigenvalue weighted by Crippen LogP contribution is 2.26. The van der Waals surface area contributed by atoms with Crippen molar-refractivity contribution in [2.75, 3.05) is 24.4 Å². The second-order valence-electron chi connectivity index (χ2n) is 5.18. The summed E-state index contributed by atoms with van der Waals surface area (Å²) >= 11 is 0. The fourth-order valence-electron chi connectivity index (χ4n) is 2.38. The zero-order valence-electron chi connectivity index (χ0n) is 11.5. The van der Waals surface area contributed by atoms with E-state index in [1.165, 1.54) is 11.4 Å². The van der Waals surface area contributed by atoms with E-state index in [2.05, 4.69) is 0 Å². The second-order valence-corrected chi connectivity index (χ2v) is 7.14. The normalized spacial score (nSPS) is 20.9. The van der Waals surface area contributed by atoms with Gasteiger partial charge in [-0.25, -0.2) is 8.78 Å². The smallest absolute Gasteiger partial charge is 0.258 e. The van der Waals surface area contributed by atoms with Crippen molar-refractivity contribution in [3.8, 4) is 0 Å². The fourth-order valence-corrected chi connectivity index (χ4v) is 3.92. The number of anilines is 1. The summed E-state index contributed by atoms with van der Waals surface area (Å²) in [6.07, 6.45) is 1.75. The molecule has 2 rings (SSSR count). The quantitative estimate of drug-likeness (QED) is 0.860. The monoisotopic (exact) mass is 304 g/mol. The average molecular weight is 304 g/mol. The molecule has 20 heavy (non-hydrogen) atoms. The van der Waals surface area contributed by atoms with Gasteiger partial charge in [-0.05, 0) is 30.9 Å². The van der Waals surface area contributed by atoms with Crippen molar-refractivity contribution >= 4 is 15.9 Å². The van der Waals surface area contributed by atoms with Gasteiger partial charge in [0.1, 0.15) is 11.6 Å². The third kappa shape index (κ3) is 2.93. The van der Waals surface area contributed by atoms with Gasteiger partial charge in [-0.3, -0.25) is 4.31 Å². The van der Waals surface area contributed by atoms with Crippen molar-refractivity contribution in [1.29, 1.82) is 0 Å². The summed E-state index contributed by atoms with van der Waals surface area (Å²) in [7, 11) is -2.58. The van der Waals surface area contributed by atoms with Crippen molar-refractivity contribution in [3.05, 3.63) is 29.8 Å². The number of hydrogen-bond acceptors (Lipinski definition) is 2. The Morgan fingerprint density at radius 2 is 2.05 bits per heavy atom. The Morgan fingerprint density at radius 3 is 2.70 bits per heavy atom. The maximum atomic E-state index is 13.7. The minimum Gasteiger partial charge on any atom is -0.258 e. The predicted octanol–water partition coefficient (Wildman–Crippen LogP) is 2.38. The highest BCUT2D eigenvalue weighted by molar-refractivity contribution is 7.90. The van der Waals surface area contributed by atoms with Crippen LogP contribution in [-0.4, -0.2) is 32.9 Å². The van der Waals surface area contributed by atoms with Crippen LogP contribution in [0.2, 0.25) is 0 Å². The molecule has 0 N–H and O–H groups in total. The summed E-state index contributed by atoms with van der Waals surface area (Å²) in [6, 6.07) is 2.78. The molecule has 1 aromatic rings. The molecular formula is C13H18F2N2O2S. The van der Waals surface area contributed by atoms with Crippen molar-refractivity contribution in [2.45, 2.75) is 19.8 Å². The van der Waals surface area contributed by atoms with Crippen molar-refractivity contribution in [3.63, 3.8) is 0 Å². The number of nitrogens with zero attached hydrogens (tertiary/aromatic N) is 2. The highest BCUT2D eigenvalue weighted by atomic mass is 32.2. The van der Waals surface area contributed by atoms with E-state index in [1.807, 2.05) is 6.92 Å². The van der Waals surface area contributed by atoms with Crippen LogP contribution in [0.1, 0.15) is 19.8 Å². The molecule has 0 aromatic heterocycles. The van der Waals surface area contributed by atoms with Gasteiger partial charge >= 0.3 is 10.2 Å². The first-order valence-corrected chi connectivity index (χ1v) is 7.91. The molecule has 1 fully saturated rings. The molecule has 0 radical (unpaired) electrons. The molecule has 1 aliphatic rings. The molecule has 1 unspecified atom stereocenters. The van der Waals surface area contributed by atoms with E-state index in [0.29, 0.717) is 13.1 Å². The van der Waals surface area contributed by atoms with Crippen LogP contribution in [0.5, 0.6) is 0 Å². The van der Waals surface area contributed by atoms with Crippen LogP contribution in [0.25, 0.3) is 0 Å². The zero-order chi connectivity index (χ0) is 14.9. The van der Waals surface area contributed by atoms with Crippen molar-refractivity contribution < 1.29 is 17.2 Å². The molecule has 0 amide bonds. The maximum Gasteiger partial charge on any atom is 0.303 e. The van der Waals surface area contributed by atoms with Crippen LogP contribution in [0.15, 0.2) is 18.2 Å². The summed E-state index contributed by atoms with van der Waals surface area (Å²) in [5.41, 5.74) is -0.275. The Kier molecular flexibility index (Phi) is 4.29. The number of rotatable bonds is 3. The molecule has 1 atom stereocenters. The third-order valence-electron chi connectivity index (χ3n) is 3.54. The summed E-state index contributed by atoms with van der Waals surface area (Å²) in [5.74, 6) is -1.16. The topological polar surface area (TPSA) is 40.6 Å². The molecule has 0 saturated carbocycles. The lowest BCUT2D eigenvalue weighted by Crippen LogP contribution is -2.46. The number of halogens is 2. The average Bonchev–Trinajstić information content (AvgIpc) is 2.40. The Labute approximate surface area is 118 Å². The van der Waals surface area contributed by atoms with Gasteiger partial charge in [-0.2, -0.15) is 12.7 Å². The van der Waals surface area contributed by atoms with E-state index in [9.17, 15) is 17.2 Å². The lowest BCUT2D eigenvalue weighted by atomic mass is 10.0. The predicted molar refractivity (Wildman–Crippen MR) is 73.7 cm³/mol. The van der Waals surface area contributed by atoms with Gasteiger partial charge in [0.05, 0.1) is 5.69 Å². The molecule has 1 heterocycles. The number of hydrogen-bond donors (Lipinski definition) is 0. The Bertz CT molecular complexity index is 592. The first-order valence-electron chi connectivity index (χ1n) is 6.51. The minimum absolute atomic E-state index is 0.268. The first kappa shape index (κ1) is 15.2. The van der Waals surface area contributed by atoms with Gasteiger partial charge in [0, 0.05) is 26.2 Å². The molecule has 0 bridgehead atoms. The van der Waals surface area contributed by atoms with Crippen LogP contribution in [-0.2, 0) is 10.2 Å². The van der Waals surface area contributed by atoms with E-state index < -0.39 is 21.8 Å². The largest absolute Gasteiger partial charge is 0.303 e. The van der Waals surface area contributed by atoms with Gasteiger partial charge in [-0.1, -0.05) is 6.92 Å². The summed E-state index contributed by atoms with van der Waals surface area (Å²) < 4.78 is 54.0. The highest BCUT2D eigenvalue weighted by Gasteiger charge is 2.31. The van der Waals surface area contributed by atoms with Crippen LogP contribution in [0.3, 0.4) is 0 Å². The minimum atomic E-state index is -3.83. The zero-order valence-corrected chi connectivity index (χ0v) is 12.3. The summed E-state index contributed by atoms with van der Waals surface area (Å²) in [4.78, 5) is 0. The Balaban J connectivity index is 2.31. The molecule has 1 aromatic carbocycles. The molecular weight excluding hydrogens is 286 g/mol. The van der Waals surface area contributed by atoms with Gasteiger partial charge in [0.2, 0.25) is 0 Å². The lowest BCUT2D eigenvalue weighted by molar-refractivity contribution is 0.281. The Hall–Kier alpha value is -1.21. The molecule has 1 aliphatic heterocycles. The van der Waals surface area contributed by atoms with Gasteiger partial charge in [0.15, 0.2) is 0 Å². The van der Waals surface area contributed by atoms with E-state index in [1.54, 1.807) is 0 Å². The third-order valence-corrected chi connectivity index (χ3v) is 5.41. The maximum absolute atomic E-state index is 13.7. The van der Waals surface area contributed by atoms with Crippen LogP contribution in [0.4, 0.5) is 14.5 Å². The van der Waals surface area contributed by atoms with Gasteiger partial charge < -0.3 is 0 Å². The fraction of sp³-hybridized carbons (Fsp3) is 0.538. The van der Waals surface area contributed by atoms with Crippen LogP contribution < -0.4 is 4.31 Å². The molecule has 4 nitrogen and oxygen atoms in total. The molecule has 7 heteroatoms. The van der Waals surface area contributed by atoms with Gasteiger partial charge in [-0.15, -0.1) is 0 Å². The van der Waals surface area contributed by atoms with Crippen molar-refractivity contribution in [2.24, 2.45) is 5.92 Å². The first-order chi connectivity index (χ1) is 9.32. The molecule has 112 valence electrons. The van der Waals surface area contributed by atoms with E-state index in [0.717, 1.165) is 35.3 Å². The van der Waals surface area contributed by atoms with E-state index in [-0.39, 0.29) is 11.6 Å². The van der Waals surface area contributed by atoms with Crippen LogP contribution >= 0.6 is 0 Å². The standard InChI is InChI=1S/C13H18F2N2O2S/c1-10-4-3-7-17(9-10)20(18,19)16(2)13-8-11(14)5-6-12(13)15/h5-6,8,10H,3-4,7,9H2,1-2H3. The summed E-state index contributed by atoms with van der Waals surface area (Å²) in [5, 5.41) is 0. The van der Waals surface area contributed by atoms with Crippen LogP contribution in [0, 0.1) is 17.6 Å². The second kappa shape index (κ2) is 5.65. The van der Waals surface area contributed by atoms with E-state index >= 15 is 0 Å². The molecule has 0 spiro atoms. The number of piperidine rings is 1. The number of benzene rings is 1. The van der Waals surface area contributed by atoms with Gasteiger partial charge in [0.25, 0.3) is 0 Å². The summed E-state index contributed by atoms with van der Waals surface area (Å²) in [6.45, 7) is 2.79.